The van der Waals surface area contributed by atoms with Crippen molar-refractivity contribution in [2.45, 2.75) is 38.4 Å². The van der Waals surface area contributed by atoms with Gasteiger partial charge in [0.15, 0.2) is 0 Å². The SMILES string of the molecule is CCCNC(CCC(F)(F)F)c1ccc(OC)nn1. The highest BCUT2D eigenvalue weighted by atomic mass is 19.4. The summed E-state index contributed by atoms with van der Waals surface area (Å²) < 4.78 is 41.7. The van der Waals surface area contributed by atoms with Gasteiger partial charge in [-0.25, -0.2) is 0 Å². The van der Waals surface area contributed by atoms with E-state index in [0.29, 0.717) is 18.1 Å². The minimum atomic E-state index is -4.16. The van der Waals surface area contributed by atoms with Crippen LogP contribution in [-0.4, -0.2) is 30.0 Å². The Hall–Kier alpha value is -1.37. The van der Waals surface area contributed by atoms with E-state index in [0.717, 1.165) is 6.42 Å². The summed E-state index contributed by atoms with van der Waals surface area (Å²) in [5.41, 5.74) is 0.499. The number of ether oxygens (including phenoxy) is 1. The Labute approximate surface area is 110 Å². The van der Waals surface area contributed by atoms with Gasteiger partial charge in [-0.2, -0.15) is 18.3 Å². The molecule has 7 heteroatoms. The van der Waals surface area contributed by atoms with E-state index in [4.69, 9.17) is 4.74 Å². The van der Waals surface area contributed by atoms with Gasteiger partial charge in [-0.1, -0.05) is 6.92 Å². The number of hydrogen-bond donors (Lipinski definition) is 1. The van der Waals surface area contributed by atoms with Crippen LogP contribution in [0.5, 0.6) is 5.88 Å². The van der Waals surface area contributed by atoms with E-state index in [1.165, 1.54) is 7.11 Å². The molecule has 0 aliphatic rings. The third-order valence-corrected chi connectivity index (χ3v) is 2.58. The molecule has 0 aromatic carbocycles. The van der Waals surface area contributed by atoms with Crippen molar-refractivity contribution in [1.29, 1.82) is 0 Å². The number of alkyl halides is 3. The highest BCUT2D eigenvalue weighted by Gasteiger charge is 2.29. The Morgan fingerprint density at radius 1 is 1.32 bits per heavy atom. The van der Waals surface area contributed by atoms with E-state index in [9.17, 15) is 13.2 Å². The summed E-state index contributed by atoms with van der Waals surface area (Å²) >= 11 is 0. The summed E-state index contributed by atoms with van der Waals surface area (Å²) in [5.74, 6) is 0.341. The fourth-order valence-corrected chi connectivity index (χ4v) is 1.61. The lowest BCUT2D eigenvalue weighted by atomic mass is 10.1. The zero-order chi connectivity index (χ0) is 14.3. The normalized spacial score (nSPS) is 13.3. The summed E-state index contributed by atoms with van der Waals surface area (Å²) in [6, 6.07) is 2.78. The standard InChI is InChI=1S/C12H18F3N3O/c1-3-8-16-9(6-7-12(13,14)15)10-4-5-11(19-2)18-17-10/h4-5,9,16H,3,6-8H2,1-2H3. The van der Waals surface area contributed by atoms with Crippen molar-refractivity contribution in [3.8, 4) is 5.88 Å². The van der Waals surface area contributed by atoms with Crippen LogP contribution in [0.4, 0.5) is 13.2 Å². The van der Waals surface area contributed by atoms with Crippen molar-refractivity contribution in [2.24, 2.45) is 0 Å². The van der Waals surface area contributed by atoms with Gasteiger partial charge in [-0.05, 0) is 25.5 Å². The number of methoxy groups -OCH3 is 1. The summed E-state index contributed by atoms with van der Waals surface area (Å²) in [6.45, 7) is 2.59. The molecule has 1 N–H and O–H groups in total. The molecule has 1 aromatic heterocycles. The number of rotatable bonds is 7. The Balaban J connectivity index is 2.70. The number of aromatic nitrogens is 2. The molecule has 0 saturated heterocycles. The number of nitrogens with zero attached hydrogens (tertiary/aromatic N) is 2. The van der Waals surface area contributed by atoms with Crippen LogP contribution in [0, 0.1) is 0 Å². The molecule has 1 heterocycles. The van der Waals surface area contributed by atoms with E-state index in [2.05, 4.69) is 15.5 Å². The molecule has 19 heavy (non-hydrogen) atoms. The second-order valence-electron chi connectivity index (χ2n) is 4.16. The third-order valence-electron chi connectivity index (χ3n) is 2.58. The fraction of sp³-hybridized carbons (Fsp3) is 0.667. The predicted molar refractivity (Wildman–Crippen MR) is 64.9 cm³/mol. The zero-order valence-electron chi connectivity index (χ0n) is 11.0. The quantitative estimate of drug-likeness (QED) is 0.832. The molecular formula is C12H18F3N3O. The van der Waals surface area contributed by atoms with E-state index < -0.39 is 18.6 Å². The van der Waals surface area contributed by atoms with Crippen LogP contribution in [-0.2, 0) is 0 Å². The van der Waals surface area contributed by atoms with Gasteiger partial charge < -0.3 is 10.1 Å². The maximum absolute atomic E-state index is 12.3. The number of hydrogen-bond acceptors (Lipinski definition) is 4. The summed E-state index contributed by atoms with van der Waals surface area (Å²) in [5, 5.41) is 10.7. The van der Waals surface area contributed by atoms with Gasteiger partial charge in [0.2, 0.25) is 5.88 Å². The van der Waals surface area contributed by atoms with Gasteiger partial charge in [-0.3, -0.25) is 0 Å². The molecule has 0 aliphatic heterocycles. The van der Waals surface area contributed by atoms with E-state index in [1.807, 2.05) is 6.92 Å². The van der Waals surface area contributed by atoms with Gasteiger partial charge >= 0.3 is 6.18 Å². The Morgan fingerprint density at radius 3 is 2.53 bits per heavy atom. The molecule has 0 spiro atoms. The third kappa shape index (κ3) is 5.87. The highest BCUT2D eigenvalue weighted by molar-refractivity contribution is 5.14. The molecule has 1 atom stereocenters. The molecule has 108 valence electrons. The van der Waals surface area contributed by atoms with Crippen molar-refractivity contribution >= 4 is 0 Å². The second kappa shape index (κ2) is 7.28. The summed E-state index contributed by atoms with van der Waals surface area (Å²) in [6.07, 6.45) is -4.22. The predicted octanol–water partition coefficient (Wildman–Crippen LogP) is 2.87. The first-order chi connectivity index (χ1) is 8.96. The first-order valence-electron chi connectivity index (χ1n) is 6.14. The van der Waals surface area contributed by atoms with Crippen molar-refractivity contribution in [1.82, 2.24) is 15.5 Å². The average molecular weight is 277 g/mol. The maximum atomic E-state index is 12.3. The molecule has 0 saturated carbocycles. The molecule has 4 nitrogen and oxygen atoms in total. The van der Waals surface area contributed by atoms with Crippen LogP contribution in [0.3, 0.4) is 0 Å². The molecular weight excluding hydrogens is 259 g/mol. The molecule has 0 amide bonds. The van der Waals surface area contributed by atoms with Crippen LogP contribution in [0.25, 0.3) is 0 Å². The minimum absolute atomic E-state index is 0.0511. The number of nitrogens with one attached hydrogen (secondary N) is 1. The molecule has 0 aliphatic carbocycles. The highest BCUT2D eigenvalue weighted by Crippen LogP contribution is 2.27. The largest absolute Gasteiger partial charge is 0.480 e. The van der Waals surface area contributed by atoms with Gasteiger partial charge in [-0.15, -0.1) is 5.10 Å². The van der Waals surface area contributed by atoms with Crippen LogP contribution in [0.2, 0.25) is 0 Å². The molecule has 0 bridgehead atoms. The second-order valence-corrected chi connectivity index (χ2v) is 4.16. The van der Waals surface area contributed by atoms with Crippen molar-refractivity contribution in [3.05, 3.63) is 17.8 Å². The van der Waals surface area contributed by atoms with Crippen LogP contribution < -0.4 is 10.1 Å². The van der Waals surface area contributed by atoms with Gasteiger partial charge in [0.05, 0.1) is 18.8 Å². The summed E-state index contributed by atoms with van der Waals surface area (Å²) in [4.78, 5) is 0. The smallest absolute Gasteiger partial charge is 0.389 e. The van der Waals surface area contributed by atoms with Crippen molar-refractivity contribution in [3.63, 3.8) is 0 Å². The molecule has 0 radical (unpaired) electrons. The zero-order valence-corrected chi connectivity index (χ0v) is 11.0. The van der Waals surface area contributed by atoms with Crippen molar-refractivity contribution < 1.29 is 17.9 Å². The lowest BCUT2D eigenvalue weighted by molar-refractivity contribution is -0.136. The Morgan fingerprint density at radius 2 is 2.05 bits per heavy atom. The van der Waals surface area contributed by atoms with Crippen LogP contribution in [0.1, 0.15) is 37.9 Å². The van der Waals surface area contributed by atoms with Crippen molar-refractivity contribution in [2.75, 3.05) is 13.7 Å². The van der Waals surface area contributed by atoms with Gasteiger partial charge in [0, 0.05) is 12.5 Å². The first kappa shape index (κ1) is 15.7. The number of halogens is 3. The molecule has 1 aromatic rings. The first-order valence-corrected chi connectivity index (χ1v) is 6.14. The van der Waals surface area contributed by atoms with Crippen LogP contribution in [0.15, 0.2) is 12.1 Å². The molecule has 1 unspecified atom stereocenters. The molecule has 0 fully saturated rings. The Kier molecular flexibility index (Phi) is 6.01. The van der Waals surface area contributed by atoms with Crippen LogP contribution >= 0.6 is 0 Å². The van der Waals surface area contributed by atoms with E-state index in [1.54, 1.807) is 12.1 Å². The lowest BCUT2D eigenvalue weighted by Gasteiger charge is -2.18. The average Bonchev–Trinajstić information content (AvgIpc) is 2.38. The topological polar surface area (TPSA) is 47.0 Å². The van der Waals surface area contributed by atoms with E-state index >= 15 is 0 Å². The van der Waals surface area contributed by atoms with E-state index in [-0.39, 0.29) is 6.42 Å². The monoisotopic (exact) mass is 277 g/mol. The van der Waals surface area contributed by atoms with Gasteiger partial charge in [0.25, 0.3) is 0 Å². The van der Waals surface area contributed by atoms with Gasteiger partial charge in [0.1, 0.15) is 0 Å². The summed E-state index contributed by atoms with van der Waals surface area (Å²) in [7, 11) is 1.46. The fourth-order valence-electron chi connectivity index (χ4n) is 1.61. The Bertz CT molecular complexity index is 367. The lowest BCUT2D eigenvalue weighted by Crippen LogP contribution is -2.25. The minimum Gasteiger partial charge on any atom is -0.480 e. The molecule has 1 rings (SSSR count). The maximum Gasteiger partial charge on any atom is 0.389 e.